The summed E-state index contributed by atoms with van der Waals surface area (Å²) in [7, 11) is 0. The Morgan fingerprint density at radius 3 is 3.04 bits per heavy atom. The van der Waals surface area contributed by atoms with Crippen molar-refractivity contribution in [1.82, 2.24) is 25.5 Å². The van der Waals surface area contributed by atoms with Crippen LogP contribution >= 0.6 is 0 Å². The molecule has 1 aliphatic rings. The topological polar surface area (TPSA) is 93.2 Å². The normalized spacial score (nSPS) is 17.6. The average molecular weight is 339 g/mol. The van der Waals surface area contributed by atoms with Crippen LogP contribution in [0.2, 0.25) is 0 Å². The molecule has 0 spiro atoms. The summed E-state index contributed by atoms with van der Waals surface area (Å²) in [5.74, 6) is 1.06. The van der Waals surface area contributed by atoms with Crippen LogP contribution in [0.5, 0.6) is 5.75 Å². The number of amides is 1. The maximum atomic E-state index is 12.5. The van der Waals surface area contributed by atoms with Gasteiger partial charge in [0.25, 0.3) is 5.91 Å². The van der Waals surface area contributed by atoms with E-state index in [1.807, 2.05) is 42.5 Å². The van der Waals surface area contributed by atoms with E-state index >= 15 is 0 Å². The number of tetrazole rings is 1. The van der Waals surface area contributed by atoms with Crippen LogP contribution in [-0.2, 0) is 9.53 Å². The number of hydrogen-bond acceptors (Lipinski definition) is 6. The Morgan fingerprint density at radius 1 is 1.28 bits per heavy atom. The minimum absolute atomic E-state index is 0.0209. The number of hydrogen-bond donors (Lipinski definition) is 1. The molecule has 2 aromatic carbocycles. The number of carbonyl (C=O) groups is 1. The first-order valence-corrected chi connectivity index (χ1v) is 8.04. The van der Waals surface area contributed by atoms with E-state index < -0.39 is 0 Å². The molecule has 0 radical (unpaired) electrons. The van der Waals surface area contributed by atoms with Crippen LogP contribution in [-0.4, -0.2) is 57.7 Å². The summed E-state index contributed by atoms with van der Waals surface area (Å²) < 4.78 is 11.4. The lowest BCUT2D eigenvalue weighted by Gasteiger charge is -2.31. The summed E-state index contributed by atoms with van der Waals surface area (Å²) in [5, 5.41) is 15.8. The van der Waals surface area contributed by atoms with Gasteiger partial charge in [-0.3, -0.25) is 4.79 Å². The van der Waals surface area contributed by atoms with Gasteiger partial charge in [0.2, 0.25) is 5.82 Å². The van der Waals surface area contributed by atoms with Crippen molar-refractivity contribution in [2.75, 3.05) is 26.3 Å². The van der Waals surface area contributed by atoms with Crippen LogP contribution in [0.4, 0.5) is 0 Å². The smallest absolute Gasteiger partial charge is 0.260 e. The van der Waals surface area contributed by atoms with Crippen molar-refractivity contribution < 1.29 is 14.3 Å². The molecule has 1 amide bonds. The standard InChI is InChI=1S/C17H17N5O3/c23-16(22-8-9-24-15(10-22)17-18-20-21-19-17)11-25-14-7-3-5-12-4-1-2-6-13(12)14/h1-7,15H,8-11H2,(H,18,19,20,21). The van der Waals surface area contributed by atoms with Crippen molar-refractivity contribution in [2.24, 2.45) is 0 Å². The van der Waals surface area contributed by atoms with E-state index in [0.29, 0.717) is 31.3 Å². The summed E-state index contributed by atoms with van der Waals surface area (Å²) in [6.45, 7) is 1.32. The second-order valence-electron chi connectivity index (χ2n) is 5.74. The summed E-state index contributed by atoms with van der Waals surface area (Å²) in [4.78, 5) is 14.2. The van der Waals surface area contributed by atoms with E-state index in [-0.39, 0.29) is 18.6 Å². The molecule has 8 heteroatoms. The number of rotatable bonds is 4. The molecular weight excluding hydrogens is 322 g/mol. The fourth-order valence-electron chi connectivity index (χ4n) is 2.89. The van der Waals surface area contributed by atoms with Gasteiger partial charge in [-0.2, -0.15) is 5.21 Å². The second-order valence-corrected chi connectivity index (χ2v) is 5.74. The Balaban J connectivity index is 1.41. The summed E-state index contributed by atoms with van der Waals surface area (Å²) >= 11 is 0. The monoisotopic (exact) mass is 339 g/mol. The van der Waals surface area contributed by atoms with Crippen molar-refractivity contribution in [3.8, 4) is 5.75 Å². The Kier molecular flexibility index (Phi) is 4.26. The number of carbonyl (C=O) groups excluding carboxylic acids is 1. The lowest BCUT2D eigenvalue weighted by molar-refractivity contribution is -0.141. The van der Waals surface area contributed by atoms with Crippen LogP contribution in [0, 0.1) is 0 Å². The van der Waals surface area contributed by atoms with E-state index in [9.17, 15) is 4.79 Å². The number of aromatic amines is 1. The molecular formula is C17H17N5O3. The van der Waals surface area contributed by atoms with Crippen molar-refractivity contribution in [3.05, 3.63) is 48.3 Å². The molecule has 3 aromatic rings. The van der Waals surface area contributed by atoms with Gasteiger partial charge in [0.1, 0.15) is 11.9 Å². The van der Waals surface area contributed by atoms with Gasteiger partial charge in [-0.25, -0.2) is 0 Å². The first-order valence-electron chi connectivity index (χ1n) is 8.04. The number of morpholine rings is 1. The molecule has 1 saturated heterocycles. The zero-order valence-electron chi connectivity index (χ0n) is 13.5. The first-order chi connectivity index (χ1) is 12.3. The molecule has 0 saturated carbocycles. The minimum Gasteiger partial charge on any atom is -0.483 e. The highest BCUT2D eigenvalue weighted by atomic mass is 16.5. The third-order valence-corrected chi connectivity index (χ3v) is 4.17. The molecule has 0 bridgehead atoms. The third-order valence-electron chi connectivity index (χ3n) is 4.17. The van der Waals surface area contributed by atoms with Crippen LogP contribution in [0.15, 0.2) is 42.5 Å². The molecule has 4 rings (SSSR count). The number of aromatic nitrogens is 4. The molecule has 2 heterocycles. The second kappa shape index (κ2) is 6.86. The minimum atomic E-state index is -0.367. The van der Waals surface area contributed by atoms with E-state index in [1.165, 1.54) is 0 Å². The van der Waals surface area contributed by atoms with Gasteiger partial charge in [0.05, 0.1) is 13.2 Å². The highest BCUT2D eigenvalue weighted by Gasteiger charge is 2.28. The van der Waals surface area contributed by atoms with Gasteiger partial charge in [0, 0.05) is 11.9 Å². The fraction of sp³-hybridized carbons (Fsp3) is 0.294. The van der Waals surface area contributed by atoms with Crippen molar-refractivity contribution in [1.29, 1.82) is 0 Å². The molecule has 25 heavy (non-hydrogen) atoms. The largest absolute Gasteiger partial charge is 0.483 e. The molecule has 1 fully saturated rings. The number of fused-ring (bicyclic) bond motifs is 1. The zero-order chi connectivity index (χ0) is 17.1. The third kappa shape index (κ3) is 3.29. The molecule has 8 nitrogen and oxygen atoms in total. The van der Waals surface area contributed by atoms with Crippen molar-refractivity contribution in [2.45, 2.75) is 6.10 Å². The predicted molar refractivity (Wildman–Crippen MR) is 88.9 cm³/mol. The lowest BCUT2D eigenvalue weighted by atomic mass is 10.1. The number of nitrogens with one attached hydrogen (secondary N) is 1. The molecule has 1 aromatic heterocycles. The maximum absolute atomic E-state index is 12.5. The zero-order valence-corrected chi connectivity index (χ0v) is 13.5. The Morgan fingerprint density at radius 2 is 2.16 bits per heavy atom. The quantitative estimate of drug-likeness (QED) is 0.771. The molecule has 1 N–H and O–H groups in total. The van der Waals surface area contributed by atoms with Crippen molar-refractivity contribution in [3.63, 3.8) is 0 Å². The summed E-state index contributed by atoms with van der Waals surface area (Å²) in [6, 6.07) is 13.7. The predicted octanol–water partition coefficient (Wildman–Crippen LogP) is 1.33. The average Bonchev–Trinajstić information content (AvgIpc) is 3.21. The SMILES string of the molecule is O=C(COc1cccc2ccccc12)N1CCOC(c2nn[nH]n2)C1. The van der Waals surface area contributed by atoms with Gasteiger partial charge in [0.15, 0.2) is 6.61 Å². The van der Waals surface area contributed by atoms with Crippen molar-refractivity contribution >= 4 is 16.7 Å². The number of ether oxygens (including phenoxy) is 2. The van der Waals surface area contributed by atoms with E-state index in [2.05, 4.69) is 20.6 Å². The number of benzene rings is 2. The van der Waals surface area contributed by atoms with Crippen LogP contribution < -0.4 is 4.74 Å². The number of H-pyrrole nitrogens is 1. The van der Waals surface area contributed by atoms with E-state index in [1.54, 1.807) is 4.90 Å². The molecule has 0 aliphatic carbocycles. The van der Waals surface area contributed by atoms with Crippen LogP contribution in [0.3, 0.4) is 0 Å². The van der Waals surface area contributed by atoms with Crippen LogP contribution in [0.25, 0.3) is 10.8 Å². The van der Waals surface area contributed by atoms with Gasteiger partial charge >= 0.3 is 0 Å². The Hall–Kier alpha value is -3.00. The van der Waals surface area contributed by atoms with E-state index in [4.69, 9.17) is 9.47 Å². The highest BCUT2D eigenvalue weighted by Crippen LogP contribution is 2.25. The fourth-order valence-corrected chi connectivity index (χ4v) is 2.89. The maximum Gasteiger partial charge on any atom is 0.260 e. The molecule has 1 aliphatic heterocycles. The van der Waals surface area contributed by atoms with Crippen LogP contribution in [0.1, 0.15) is 11.9 Å². The Bertz CT molecular complexity index is 862. The van der Waals surface area contributed by atoms with E-state index in [0.717, 1.165) is 10.8 Å². The summed E-state index contributed by atoms with van der Waals surface area (Å²) in [6.07, 6.45) is -0.367. The summed E-state index contributed by atoms with van der Waals surface area (Å²) in [5.41, 5.74) is 0. The first kappa shape index (κ1) is 15.5. The Labute approximate surface area is 143 Å². The molecule has 1 atom stereocenters. The highest BCUT2D eigenvalue weighted by molar-refractivity contribution is 5.88. The molecule has 1 unspecified atom stereocenters. The van der Waals surface area contributed by atoms with Gasteiger partial charge < -0.3 is 14.4 Å². The lowest BCUT2D eigenvalue weighted by Crippen LogP contribution is -2.44. The van der Waals surface area contributed by atoms with Gasteiger partial charge in [-0.15, -0.1) is 10.2 Å². The number of nitrogens with zero attached hydrogens (tertiary/aromatic N) is 4. The van der Waals surface area contributed by atoms with Gasteiger partial charge in [-0.05, 0) is 11.5 Å². The molecule has 128 valence electrons. The van der Waals surface area contributed by atoms with Gasteiger partial charge in [-0.1, -0.05) is 41.6 Å².